The summed E-state index contributed by atoms with van der Waals surface area (Å²) in [5.74, 6) is 0.536. The second-order valence-electron chi connectivity index (χ2n) is 5.89. The number of hydrogen-bond acceptors (Lipinski definition) is 1. The monoisotopic (exact) mass is 371 g/mol. The number of carbonyl (C=O) groups excluding carboxylic acids is 1. The van der Waals surface area contributed by atoms with Crippen LogP contribution in [-0.4, -0.2) is 12.5 Å². The van der Waals surface area contributed by atoms with Gasteiger partial charge in [-0.3, -0.25) is 4.79 Å². The van der Waals surface area contributed by atoms with E-state index in [2.05, 4.69) is 29.8 Å². The maximum atomic E-state index is 12.6. The van der Waals surface area contributed by atoms with Gasteiger partial charge in [-0.15, -0.1) is 0 Å². The van der Waals surface area contributed by atoms with Crippen LogP contribution in [0.4, 0.5) is 5.69 Å². The minimum absolute atomic E-state index is 0.119. The SMILES string of the molecule is CC(C)CN(C(=O)C/C=C/c1ccccc1)c1ccc(Br)cc1. The fraction of sp³-hybridized carbons (Fsp3) is 0.250. The Morgan fingerprint density at radius 1 is 1.09 bits per heavy atom. The fourth-order valence-corrected chi connectivity index (χ4v) is 2.57. The number of anilines is 1. The topological polar surface area (TPSA) is 20.3 Å². The normalized spacial score (nSPS) is 11.1. The lowest BCUT2D eigenvalue weighted by Crippen LogP contribution is -2.33. The van der Waals surface area contributed by atoms with Gasteiger partial charge in [0.05, 0.1) is 0 Å². The van der Waals surface area contributed by atoms with Crippen LogP contribution in [0.1, 0.15) is 25.8 Å². The molecule has 0 aromatic heterocycles. The highest BCUT2D eigenvalue weighted by molar-refractivity contribution is 9.10. The van der Waals surface area contributed by atoms with E-state index in [1.807, 2.05) is 71.6 Å². The summed E-state index contributed by atoms with van der Waals surface area (Å²) in [6.07, 6.45) is 4.33. The summed E-state index contributed by atoms with van der Waals surface area (Å²) in [6.45, 7) is 4.97. The largest absolute Gasteiger partial charge is 0.312 e. The molecule has 0 radical (unpaired) electrons. The van der Waals surface area contributed by atoms with Crippen LogP contribution in [0, 0.1) is 5.92 Å². The van der Waals surface area contributed by atoms with Crippen LogP contribution in [0.15, 0.2) is 65.1 Å². The number of hydrogen-bond donors (Lipinski definition) is 0. The molecule has 0 N–H and O–H groups in total. The zero-order chi connectivity index (χ0) is 16.7. The Morgan fingerprint density at radius 3 is 2.35 bits per heavy atom. The van der Waals surface area contributed by atoms with Crippen LogP contribution in [0.3, 0.4) is 0 Å². The Bertz CT molecular complexity index is 647. The number of halogens is 1. The highest BCUT2D eigenvalue weighted by atomic mass is 79.9. The van der Waals surface area contributed by atoms with Crippen molar-refractivity contribution in [2.24, 2.45) is 5.92 Å². The number of benzene rings is 2. The average Bonchev–Trinajstić information content (AvgIpc) is 2.54. The second-order valence-corrected chi connectivity index (χ2v) is 6.81. The van der Waals surface area contributed by atoms with E-state index in [4.69, 9.17) is 0 Å². The first-order valence-corrected chi connectivity index (χ1v) is 8.63. The molecular weight excluding hydrogens is 350 g/mol. The fourth-order valence-electron chi connectivity index (χ4n) is 2.31. The average molecular weight is 372 g/mol. The molecule has 2 aromatic carbocycles. The van der Waals surface area contributed by atoms with Crippen molar-refractivity contribution < 1.29 is 4.79 Å². The molecule has 120 valence electrons. The lowest BCUT2D eigenvalue weighted by Gasteiger charge is -2.24. The van der Waals surface area contributed by atoms with Crippen LogP contribution < -0.4 is 4.90 Å². The number of carbonyl (C=O) groups is 1. The van der Waals surface area contributed by atoms with Gasteiger partial charge < -0.3 is 4.90 Å². The lowest BCUT2D eigenvalue weighted by atomic mass is 10.1. The van der Waals surface area contributed by atoms with Crippen molar-refractivity contribution in [1.82, 2.24) is 0 Å². The Hall–Kier alpha value is -1.87. The Labute approximate surface area is 147 Å². The van der Waals surface area contributed by atoms with Gasteiger partial charge in [0, 0.05) is 23.1 Å². The molecule has 0 aliphatic heterocycles. The minimum atomic E-state index is 0.119. The van der Waals surface area contributed by atoms with E-state index in [1.165, 1.54) is 0 Å². The van der Waals surface area contributed by atoms with Gasteiger partial charge in [-0.25, -0.2) is 0 Å². The minimum Gasteiger partial charge on any atom is -0.312 e. The van der Waals surface area contributed by atoms with Gasteiger partial charge in [-0.2, -0.15) is 0 Å². The highest BCUT2D eigenvalue weighted by Crippen LogP contribution is 2.20. The number of amides is 1. The zero-order valence-corrected chi connectivity index (χ0v) is 15.2. The first kappa shape index (κ1) is 17.5. The maximum Gasteiger partial charge on any atom is 0.230 e. The van der Waals surface area contributed by atoms with E-state index >= 15 is 0 Å². The summed E-state index contributed by atoms with van der Waals surface area (Å²) in [7, 11) is 0. The summed E-state index contributed by atoms with van der Waals surface area (Å²) < 4.78 is 1.02. The number of rotatable bonds is 6. The van der Waals surface area contributed by atoms with Crippen LogP contribution >= 0.6 is 15.9 Å². The molecule has 0 saturated heterocycles. The van der Waals surface area contributed by atoms with Crippen molar-refractivity contribution in [2.75, 3.05) is 11.4 Å². The van der Waals surface area contributed by atoms with Gasteiger partial charge in [0.25, 0.3) is 0 Å². The van der Waals surface area contributed by atoms with Crippen LogP contribution in [-0.2, 0) is 4.79 Å². The standard InChI is InChI=1S/C20H22BrNO/c1-16(2)15-22(19-13-11-18(21)12-14-19)20(23)10-6-9-17-7-4-3-5-8-17/h3-9,11-14,16H,10,15H2,1-2H3/b9-6+. The van der Waals surface area contributed by atoms with E-state index in [0.717, 1.165) is 22.3 Å². The molecule has 2 aromatic rings. The van der Waals surface area contributed by atoms with Crippen LogP contribution in [0.2, 0.25) is 0 Å². The number of nitrogens with zero attached hydrogens (tertiary/aromatic N) is 1. The van der Waals surface area contributed by atoms with Gasteiger partial charge in [-0.1, -0.05) is 72.3 Å². The van der Waals surface area contributed by atoms with Gasteiger partial charge in [0.2, 0.25) is 5.91 Å². The molecule has 2 nitrogen and oxygen atoms in total. The molecule has 0 aliphatic carbocycles. The molecule has 0 bridgehead atoms. The molecule has 0 atom stereocenters. The van der Waals surface area contributed by atoms with Gasteiger partial charge in [-0.05, 0) is 35.7 Å². The van der Waals surface area contributed by atoms with Crippen molar-refractivity contribution in [3.8, 4) is 0 Å². The Kier molecular flexibility index (Phi) is 6.60. The molecule has 0 fully saturated rings. The maximum absolute atomic E-state index is 12.6. The van der Waals surface area contributed by atoms with Crippen molar-refractivity contribution in [1.29, 1.82) is 0 Å². The van der Waals surface area contributed by atoms with Gasteiger partial charge in [0.1, 0.15) is 0 Å². The van der Waals surface area contributed by atoms with Crippen molar-refractivity contribution in [2.45, 2.75) is 20.3 Å². The van der Waals surface area contributed by atoms with E-state index in [0.29, 0.717) is 12.3 Å². The summed E-state index contributed by atoms with van der Waals surface area (Å²) in [4.78, 5) is 14.5. The predicted octanol–water partition coefficient (Wildman–Crippen LogP) is 5.54. The molecule has 2 rings (SSSR count). The Morgan fingerprint density at radius 2 is 1.74 bits per heavy atom. The van der Waals surface area contributed by atoms with Crippen molar-refractivity contribution in [3.63, 3.8) is 0 Å². The predicted molar refractivity (Wildman–Crippen MR) is 101 cm³/mol. The first-order chi connectivity index (χ1) is 11.1. The van der Waals surface area contributed by atoms with Crippen LogP contribution in [0.25, 0.3) is 6.08 Å². The Balaban J connectivity index is 2.07. The molecule has 0 unspecified atom stereocenters. The van der Waals surface area contributed by atoms with Crippen molar-refractivity contribution >= 4 is 33.6 Å². The third-order valence-corrected chi connectivity index (χ3v) is 3.92. The quantitative estimate of drug-likeness (QED) is 0.652. The summed E-state index contributed by atoms with van der Waals surface area (Å²) in [6, 6.07) is 17.9. The van der Waals surface area contributed by atoms with E-state index in [-0.39, 0.29) is 5.91 Å². The van der Waals surface area contributed by atoms with E-state index in [1.54, 1.807) is 0 Å². The third kappa shape index (κ3) is 5.68. The molecule has 1 amide bonds. The smallest absolute Gasteiger partial charge is 0.230 e. The summed E-state index contributed by atoms with van der Waals surface area (Å²) >= 11 is 3.44. The van der Waals surface area contributed by atoms with Crippen LogP contribution in [0.5, 0.6) is 0 Å². The third-order valence-electron chi connectivity index (χ3n) is 3.39. The van der Waals surface area contributed by atoms with Gasteiger partial charge in [0.15, 0.2) is 0 Å². The van der Waals surface area contributed by atoms with Gasteiger partial charge >= 0.3 is 0 Å². The molecular formula is C20H22BrNO. The zero-order valence-electron chi connectivity index (χ0n) is 13.6. The van der Waals surface area contributed by atoms with E-state index < -0.39 is 0 Å². The summed E-state index contributed by atoms with van der Waals surface area (Å²) in [5.41, 5.74) is 2.05. The molecule has 0 spiro atoms. The molecule has 0 heterocycles. The van der Waals surface area contributed by atoms with E-state index in [9.17, 15) is 4.79 Å². The van der Waals surface area contributed by atoms with Crippen molar-refractivity contribution in [3.05, 3.63) is 70.7 Å². The summed E-state index contributed by atoms with van der Waals surface area (Å²) in [5, 5.41) is 0. The second kappa shape index (κ2) is 8.68. The molecule has 3 heteroatoms. The molecule has 0 saturated carbocycles. The highest BCUT2D eigenvalue weighted by Gasteiger charge is 2.15. The molecule has 0 aliphatic rings. The lowest BCUT2D eigenvalue weighted by molar-refractivity contribution is -0.117. The first-order valence-electron chi connectivity index (χ1n) is 7.84. The molecule has 23 heavy (non-hydrogen) atoms.